The summed E-state index contributed by atoms with van der Waals surface area (Å²) >= 11 is 5.92. The molecule has 5 heteroatoms. The summed E-state index contributed by atoms with van der Waals surface area (Å²) in [5.41, 5.74) is 1.84. The molecule has 3 nitrogen and oxygen atoms in total. The summed E-state index contributed by atoms with van der Waals surface area (Å²) in [5, 5.41) is 7.89. The zero-order valence-corrected chi connectivity index (χ0v) is 10.2. The largest absolute Gasteiger partial charge is 0.307 e. The number of halogens is 2. The van der Waals surface area contributed by atoms with Crippen molar-refractivity contribution in [2.45, 2.75) is 13.1 Å². The van der Waals surface area contributed by atoms with E-state index in [4.69, 9.17) is 11.6 Å². The van der Waals surface area contributed by atoms with E-state index in [2.05, 4.69) is 10.4 Å². The van der Waals surface area contributed by atoms with Crippen LogP contribution in [0.5, 0.6) is 0 Å². The standard InChI is InChI=1S/C12H13ClFN3/c1-17-5-4-11(16-17)8-15-7-9-2-3-10(14)6-12(9)13/h2-6,15H,7-8H2,1H3. The number of benzene rings is 1. The number of aryl methyl sites for hydroxylation is 1. The first-order valence-electron chi connectivity index (χ1n) is 5.28. The van der Waals surface area contributed by atoms with E-state index in [0.717, 1.165) is 11.3 Å². The van der Waals surface area contributed by atoms with Gasteiger partial charge in [-0.3, -0.25) is 4.68 Å². The van der Waals surface area contributed by atoms with Crippen molar-refractivity contribution < 1.29 is 4.39 Å². The van der Waals surface area contributed by atoms with Crippen LogP contribution < -0.4 is 5.32 Å². The second-order valence-corrected chi connectivity index (χ2v) is 4.23. The van der Waals surface area contributed by atoms with Crippen LogP contribution in [0.2, 0.25) is 5.02 Å². The maximum atomic E-state index is 12.8. The lowest BCUT2D eigenvalue weighted by Crippen LogP contribution is -2.13. The summed E-state index contributed by atoms with van der Waals surface area (Å²) in [6.45, 7) is 1.25. The predicted molar refractivity (Wildman–Crippen MR) is 65.2 cm³/mol. The number of rotatable bonds is 4. The van der Waals surface area contributed by atoms with Gasteiger partial charge in [-0.15, -0.1) is 0 Å². The first kappa shape index (κ1) is 12.1. The van der Waals surface area contributed by atoms with E-state index in [1.165, 1.54) is 12.1 Å². The van der Waals surface area contributed by atoms with E-state index in [0.29, 0.717) is 18.1 Å². The maximum Gasteiger partial charge on any atom is 0.124 e. The van der Waals surface area contributed by atoms with Gasteiger partial charge in [-0.1, -0.05) is 17.7 Å². The molecule has 1 N–H and O–H groups in total. The summed E-state index contributed by atoms with van der Waals surface area (Å²) < 4.78 is 14.6. The van der Waals surface area contributed by atoms with Crippen molar-refractivity contribution in [3.8, 4) is 0 Å². The van der Waals surface area contributed by atoms with Crippen LogP contribution in [0.15, 0.2) is 30.5 Å². The van der Waals surface area contributed by atoms with Gasteiger partial charge in [0.2, 0.25) is 0 Å². The monoisotopic (exact) mass is 253 g/mol. The molecule has 0 bridgehead atoms. The van der Waals surface area contributed by atoms with E-state index in [-0.39, 0.29) is 5.82 Å². The van der Waals surface area contributed by atoms with Gasteiger partial charge in [-0.25, -0.2) is 4.39 Å². The van der Waals surface area contributed by atoms with E-state index in [1.54, 1.807) is 10.7 Å². The molecule has 0 aliphatic rings. The van der Waals surface area contributed by atoms with Gasteiger partial charge in [0.15, 0.2) is 0 Å². The molecule has 1 heterocycles. The quantitative estimate of drug-likeness (QED) is 0.907. The molecule has 0 saturated heterocycles. The van der Waals surface area contributed by atoms with Crippen LogP contribution in [0.1, 0.15) is 11.3 Å². The first-order valence-corrected chi connectivity index (χ1v) is 5.66. The molecule has 0 aliphatic carbocycles. The van der Waals surface area contributed by atoms with Crippen molar-refractivity contribution in [1.82, 2.24) is 15.1 Å². The summed E-state index contributed by atoms with van der Waals surface area (Å²) in [5.74, 6) is -0.316. The van der Waals surface area contributed by atoms with Crippen molar-refractivity contribution in [3.05, 3.63) is 52.6 Å². The highest BCUT2D eigenvalue weighted by atomic mass is 35.5. The number of nitrogens with zero attached hydrogens (tertiary/aromatic N) is 2. The van der Waals surface area contributed by atoms with Crippen LogP contribution >= 0.6 is 11.6 Å². The minimum Gasteiger partial charge on any atom is -0.307 e. The third-order valence-corrected chi connectivity index (χ3v) is 2.76. The van der Waals surface area contributed by atoms with Crippen LogP contribution in [0, 0.1) is 5.82 Å². The highest BCUT2D eigenvalue weighted by Crippen LogP contribution is 2.16. The third kappa shape index (κ3) is 3.28. The highest BCUT2D eigenvalue weighted by Gasteiger charge is 2.02. The van der Waals surface area contributed by atoms with Gasteiger partial charge in [0.1, 0.15) is 5.82 Å². The molecule has 0 saturated carbocycles. The molecular weight excluding hydrogens is 241 g/mol. The van der Waals surface area contributed by atoms with Crippen molar-refractivity contribution in [2.75, 3.05) is 0 Å². The normalized spacial score (nSPS) is 10.8. The second-order valence-electron chi connectivity index (χ2n) is 3.82. The molecule has 17 heavy (non-hydrogen) atoms. The average molecular weight is 254 g/mol. The molecule has 0 aliphatic heterocycles. The zero-order chi connectivity index (χ0) is 12.3. The lowest BCUT2D eigenvalue weighted by atomic mass is 10.2. The van der Waals surface area contributed by atoms with Crippen LogP contribution in [0.3, 0.4) is 0 Å². The molecule has 1 aromatic heterocycles. The number of aromatic nitrogens is 2. The maximum absolute atomic E-state index is 12.8. The van der Waals surface area contributed by atoms with Gasteiger partial charge in [0.25, 0.3) is 0 Å². The molecule has 0 spiro atoms. The molecule has 90 valence electrons. The molecule has 0 fully saturated rings. The summed E-state index contributed by atoms with van der Waals surface area (Å²) in [4.78, 5) is 0. The number of nitrogens with one attached hydrogen (secondary N) is 1. The Labute approximate surface area is 104 Å². The Bertz CT molecular complexity index is 510. The van der Waals surface area contributed by atoms with Crippen molar-refractivity contribution in [3.63, 3.8) is 0 Å². The fourth-order valence-electron chi connectivity index (χ4n) is 1.55. The van der Waals surface area contributed by atoms with Crippen molar-refractivity contribution >= 4 is 11.6 Å². The van der Waals surface area contributed by atoms with E-state index in [9.17, 15) is 4.39 Å². The molecule has 0 amide bonds. The van der Waals surface area contributed by atoms with Crippen LogP contribution in [0.25, 0.3) is 0 Å². The summed E-state index contributed by atoms with van der Waals surface area (Å²) in [6.07, 6.45) is 1.89. The fourth-order valence-corrected chi connectivity index (χ4v) is 1.78. The topological polar surface area (TPSA) is 29.9 Å². The lowest BCUT2D eigenvalue weighted by molar-refractivity contribution is 0.623. The Hall–Kier alpha value is -1.39. The minimum atomic E-state index is -0.316. The van der Waals surface area contributed by atoms with Crippen molar-refractivity contribution in [2.24, 2.45) is 7.05 Å². The van der Waals surface area contributed by atoms with Gasteiger partial charge < -0.3 is 5.32 Å². The molecule has 2 rings (SSSR count). The summed E-state index contributed by atoms with van der Waals surface area (Å²) in [7, 11) is 1.88. The number of hydrogen-bond donors (Lipinski definition) is 1. The Morgan fingerprint density at radius 2 is 2.18 bits per heavy atom. The average Bonchev–Trinajstić information content (AvgIpc) is 2.68. The van der Waals surface area contributed by atoms with E-state index >= 15 is 0 Å². The zero-order valence-electron chi connectivity index (χ0n) is 9.45. The van der Waals surface area contributed by atoms with Gasteiger partial charge in [-0.05, 0) is 23.8 Å². The van der Waals surface area contributed by atoms with E-state index in [1.807, 2.05) is 19.3 Å². The van der Waals surface area contributed by atoms with Gasteiger partial charge in [-0.2, -0.15) is 5.10 Å². The SMILES string of the molecule is Cn1ccc(CNCc2ccc(F)cc2Cl)n1. The van der Waals surface area contributed by atoms with Gasteiger partial charge in [0.05, 0.1) is 5.69 Å². The molecule has 2 aromatic rings. The Kier molecular flexibility index (Phi) is 3.76. The smallest absolute Gasteiger partial charge is 0.124 e. The Morgan fingerprint density at radius 3 is 2.82 bits per heavy atom. The van der Waals surface area contributed by atoms with Crippen LogP contribution in [-0.4, -0.2) is 9.78 Å². The molecule has 0 unspecified atom stereocenters. The van der Waals surface area contributed by atoms with E-state index < -0.39 is 0 Å². The fraction of sp³-hybridized carbons (Fsp3) is 0.250. The Balaban J connectivity index is 1.90. The van der Waals surface area contributed by atoms with Crippen LogP contribution in [0.4, 0.5) is 4.39 Å². The number of hydrogen-bond acceptors (Lipinski definition) is 2. The highest BCUT2D eigenvalue weighted by molar-refractivity contribution is 6.31. The predicted octanol–water partition coefficient (Wildman–Crippen LogP) is 2.50. The summed E-state index contributed by atoms with van der Waals surface area (Å²) in [6, 6.07) is 6.35. The molecule has 0 atom stereocenters. The van der Waals surface area contributed by atoms with Gasteiger partial charge in [0, 0.05) is 31.4 Å². The molecular formula is C12H13ClFN3. The molecule has 0 radical (unpaired) electrons. The Morgan fingerprint density at radius 1 is 1.35 bits per heavy atom. The molecule has 1 aromatic carbocycles. The lowest BCUT2D eigenvalue weighted by Gasteiger charge is -2.05. The minimum absolute atomic E-state index is 0.316. The first-order chi connectivity index (χ1) is 8.15. The van der Waals surface area contributed by atoms with Crippen molar-refractivity contribution in [1.29, 1.82) is 0 Å². The second kappa shape index (κ2) is 5.29. The third-order valence-electron chi connectivity index (χ3n) is 2.41. The van der Waals surface area contributed by atoms with Crippen LogP contribution in [-0.2, 0) is 20.1 Å². The van der Waals surface area contributed by atoms with Gasteiger partial charge >= 0.3 is 0 Å².